The zero-order valence-corrected chi connectivity index (χ0v) is 14.8. The van der Waals surface area contributed by atoms with Gasteiger partial charge >= 0.3 is 0 Å². The molecular formula is C20H28O3. The molecule has 1 saturated carbocycles. The van der Waals surface area contributed by atoms with Crippen molar-refractivity contribution in [3.63, 3.8) is 0 Å². The van der Waals surface area contributed by atoms with Gasteiger partial charge in [-0.1, -0.05) is 20.8 Å². The van der Waals surface area contributed by atoms with Crippen molar-refractivity contribution in [1.82, 2.24) is 0 Å². The lowest BCUT2D eigenvalue weighted by atomic mass is 9.91. The summed E-state index contributed by atoms with van der Waals surface area (Å²) >= 11 is 0. The maximum atomic E-state index is 12.6. The number of ketones is 2. The number of Topliss-reactive ketones (excluding diaryl/α,β-unsaturated/α-hetero) is 2. The first-order valence-corrected chi connectivity index (χ1v) is 8.47. The van der Waals surface area contributed by atoms with Crippen LogP contribution in [0.3, 0.4) is 0 Å². The van der Waals surface area contributed by atoms with Crippen LogP contribution in [-0.4, -0.2) is 16.7 Å². The summed E-state index contributed by atoms with van der Waals surface area (Å²) in [7, 11) is 0. The van der Waals surface area contributed by atoms with Crippen LogP contribution in [0.2, 0.25) is 0 Å². The van der Waals surface area contributed by atoms with E-state index in [2.05, 4.69) is 13.8 Å². The highest BCUT2D eigenvalue weighted by molar-refractivity contribution is 5.98. The highest BCUT2D eigenvalue weighted by Gasteiger charge is 2.56. The third-order valence-corrected chi connectivity index (χ3v) is 5.63. The lowest BCUT2D eigenvalue weighted by Gasteiger charge is -2.12. The third-order valence-electron chi connectivity index (χ3n) is 5.63. The van der Waals surface area contributed by atoms with Crippen LogP contribution in [0.15, 0.2) is 18.2 Å². The summed E-state index contributed by atoms with van der Waals surface area (Å²) in [4.78, 5) is 23.8. The van der Waals surface area contributed by atoms with Gasteiger partial charge < -0.3 is 9.90 Å². The maximum Gasteiger partial charge on any atom is 0.165 e. The molecule has 3 heteroatoms. The van der Waals surface area contributed by atoms with Crippen molar-refractivity contribution < 1.29 is 14.7 Å². The lowest BCUT2D eigenvalue weighted by molar-refractivity contribution is -0.117. The van der Waals surface area contributed by atoms with Gasteiger partial charge in [-0.3, -0.25) is 4.79 Å². The minimum Gasteiger partial charge on any atom is -0.508 e. The summed E-state index contributed by atoms with van der Waals surface area (Å²) in [6, 6.07) is 5.05. The molecular weight excluding hydrogens is 288 g/mol. The van der Waals surface area contributed by atoms with Crippen molar-refractivity contribution in [2.75, 3.05) is 0 Å². The van der Waals surface area contributed by atoms with Crippen LogP contribution in [0, 0.1) is 30.1 Å². The van der Waals surface area contributed by atoms with Gasteiger partial charge in [-0.25, -0.2) is 0 Å². The molecule has 1 aliphatic carbocycles. The van der Waals surface area contributed by atoms with Gasteiger partial charge in [0.15, 0.2) is 5.78 Å². The fourth-order valence-corrected chi connectivity index (χ4v) is 3.84. The number of phenolic OH excluding ortho intramolecular Hbond substituents is 1. The number of aryl methyl sites for hydroxylation is 1. The van der Waals surface area contributed by atoms with Crippen molar-refractivity contribution >= 4 is 11.6 Å². The fraction of sp³-hybridized carbons (Fsp3) is 0.600. The van der Waals surface area contributed by atoms with Crippen molar-refractivity contribution in [1.29, 1.82) is 0 Å². The topological polar surface area (TPSA) is 54.4 Å². The normalized spacial score (nSPS) is 23.3. The molecule has 0 aromatic heterocycles. The molecule has 0 heterocycles. The number of benzene rings is 1. The van der Waals surface area contributed by atoms with E-state index in [1.165, 1.54) is 0 Å². The van der Waals surface area contributed by atoms with E-state index in [1.54, 1.807) is 32.0 Å². The molecule has 2 rings (SSSR count). The molecule has 0 bridgehead atoms. The van der Waals surface area contributed by atoms with E-state index in [1.807, 2.05) is 6.92 Å². The number of rotatable bonds is 7. The molecule has 126 valence electrons. The fourth-order valence-electron chi connectivity index (χ4n) is 3.84. The van der Waals surface area contributed by atoms with Gasteiger partial charge in [0.2, 0.25) is 0 Å². The summed E-state index contributed by atoms with van der Waals surface area (Å²) in [5, 5.41) is 9.59. The van der Waals surface area contributed by atoms with Crippen molar-refractivity contribution in [2.45, 2.75) is 53.9 Å². The second kappa shape index (κ2) is 6.46. The van der Waals surface area contributed by atoms with Gasteiger partial charge in [0.25, 0.3) is 0 Å². The molecule has 1 fully saturated rings. The molecule has 0 spiro atoms. The Kier molecular flexibility index (Phi) is 4.98. The van der Waals surface area contributed by atoms with Crippen LogP contribution in [0.25, 0.3) is 0 Å². The van der Waals surface area contributed by atoms with E-state index in [0.717, 1.165) is 18.4 Å². The number of hydrogen-bond donors (Lipinski definition) is 1. The average molecular weight is 316 g/mol. The highest BCUT2D eigenvalue weighted by Crippen LogP contribution is 2.62. The summed E-state index contributed by atoms with van der Waals surface area (Å²) < 4.78 is 0. The van der Waals surface area contributed by atoms with Crippen LogP contribution in [0.5, 0.6) is 5.75 Å². The van der Waals surface area contributed by atoms with Gasteiger partial charge in [-0.05, 0) is 67.7 Å². The predicted octanol–water partition coefficient (Wildman–Crippen LogP) is 4.55. The molecule has 1 aliphatic rings. The molecule has 0 unspecified atom stereocenters. The van der Waals surface area contributed by atoms with Crippen LogP contribution in [-0.2, 0) is 4.79 Å². The Morgan fingerprint density at radius 3 is 2.48 bits per heavy atom. The molecule has 1 N–H and O–H groups in total. The average Bonchev–Trinajstić information content (AvgIpc) is 2.98. The Bertz CT molecular complexity index is 615. The smallest absolute Gasteiger partial charge is 0.165 e. The van der Waals surface area contributed by atoms with Crippen LogP contribution >= 0.6 is 0 Å². The Balaban J connectivity index is 1.98. The Hall–Kier alpha value is -1.64. The Morgan fingerprint density at radius 2 is 1.91 bits per heavy atom. The molecule has 23 heavy (non-hydrogen) atoms. The van der Waals surface area contributed by atoms with E-state index >= 15 is 0 Å². The van der Waals surface area contributed by atoms with Gasteiger partial charge in [0.05, 0.1) is 0 Å². The van der Waals surface area contributed by atoms with E-state index in [0.29, 0.717) is 23.8 Å². The molecule has 0 amide bonds. The molecule has 1 aromatic carbocycles. The highest BCUT2D eigenvalue weighted by atomic mass is 16.3. The minimum absolute atomic E-state index is 0.0365. The number of carbonyl (C=O) groups is 2. The Labute approximate surface area is 139 Å². The van der Waals surface area contributed by atoms with Crippen molar-refractivity contribution in [3.05, 3.63) is 29.3 Å². The van der Waals surface area contributed by atoms with E-state index in [4.69, 9.17) is 0 Å². The number of aromatic hydroxyl groups is 1. The van der Waals surface area contributed by atoms with Crippen LogP contribution < -0.4 is 0 Å². The quantitative estimate of drug-likeness (QED) is 0.751. The zero-order valence-electron chi connectivity index (χ0n) is 14.8. The van der Waals surface area contributed by atoms with Crippen LogP contribution in [0.4, 0.5) is 0 Å². The van der Waals surface area contributed by atoms with Gasteiger partial charge in [-0.15, -0.1) is 0 Å². The molecule has 3 atom stereocenters. The number of hydrogen-bond acceptors (Lipinski definition) is 3. The molecule has 0 aliphatic heterocycles. The van der Waals surface area contributed by atoms with Gasteiger partial charge in [0, 0.05) is 17.9 Å². The lowest BCUT2D eigenvalue weighted by Crippen LogP contribution is -2.13. The second-order valence-electron chi connectivity index (χ2n) is 7.78. The molecule has 0 radical (unpaired) electrons. The van der Waals surface area contributed by atoms with Gasteiger partial charge in [0.1, 0.15) is 11.5 Å². The first-order chi connectivity index (χ1) is 10.6. The predicted molar refractivity (Wildman–Crippen MR) is 91.6 cm³/mol. The maximum absolute atomic E-state index is 12.6. The standard InChI is InChI=1S/C20H28O3/c1-12-10-15(7-9-18(12)22)19(23)13(2)11-17-16(20(17,4)5)8-6-14(3)21/h7,9-10,13,16-17,22H,6,8,11H2,1-5H3/t13-,16+,17-/m1/s1. The second-order valence-corrected chi connectivity index (χ2v) is 7.78. The van der Waals surface area contributed by atoms with Crippen molar-refractivity contribution in [2.24, 2.45) is 23.2 Å². The van der Waals surface area contributed by atoms with Crippen LogP contribution in [0.1, 0.15) is 62.9 Å². The van der Waals surface area contributed by atoms with E-state index in [9.17, 15) is 14.7 Å². The first-order valence-electron chi connectivity index (χ1n) is 8.47. The first kappa shape index (κ1) is 17.7. The van der Waals surface area contributed by atoms with Crippen molar-refractivity contribution in [3.8, 4) is 5.75 Å². The molecule has 0 saturated heterocycles. The third kappa shape index (κ3) is 3.82. The number of phenols is 1. The largest absolute Gasteiger partial charge is 0.508 e. The summed E-state index contributed by atoms with van der Waals surface area (Å²) in [5.41, 5.74) is 1.63. The Morgan fingerprint density at radius 1 is 1.26 bits per heavy atom. The summed E-state index contributed by atoms with van der Waals surface area (Å²) in [5.74, 6) is 1.63. The van der Waals surface area contributed by atoms with E-state index < -0.39 is 0 Å². The molecule has 1 aromatic rings. The minimum atomic E-state index is -0.0365. The van der Waals surface area contributed by atoms with E-state index in [-0.39, 0.29) is 28.6 Å². The SMILES string of the molecule is CC(=O)CC[C@H]1[C@@H](C[C@@H](C)C(=O)c2ccc(O)c(C)c2)C1(C)C. The summed E-state index contributed by atoms with van der Waals surface area (Å²) in [6.07, 6.45) is 2.45. The summed E-state index contributed by atoms with van der Waals surface area (Å²) in [6.45, 7) is 9.91. The zero-order chi connectivity index (χ0) is 17.4. The molecule has 3 nitrogen and oxygen atoms in total. The number of carbonyl (C=O) groups excluding carboxylic acids is 2. The van der Waals surface area contributed by atoms with Gasteiger partial charge in [-0.2, -0.15) is 0 Å². The monoisotopic (exact) mass is 316 g/mol.